The van der Waals surface area contributed by atoms with Crippen molar-refractivity contribution in [1.29, 1.82) is 0 Å². The lowest BCUT2D eigenvalue weighted by atomic mass is 10.1. The number of primary amides is 1. The molecule has 0 aromatic heterocycles. The van der Waals surface area contributed by atoms with Gasteiger partial charge in [0.1, 0.15) is 6.29 Å². The summed E-state index contributed by atoms with van der Waals surface area (Å²) in [6.07, 6.45) is 5.34. The van der Waals surface area contributed by atoms with Crippen LogP contribution in [-0.4, -0.2) is 37.2 Å². The highest BCUT2D eigenvalue weighted by Gasteiger charge is 2.12. The van der Waals surface area contributed by atoms with Crippen molar-refractivity contribution in [2.75, 3.05) is 13.6 Å². The molecule has 0 radical (unpaired) electrons. The summed E-state index contributed by atoms with van der Waals surface area (Å²) in [5.74, 6) is 0. The van der Waals surface area contributed by atoms with Crippen molar-refractivity contribution in [3.63, 3.8) is 0 Å². The standard InChI is InChI=1S/C8H8O.C7H15N.C2H6.CH3NO/c1-7-2-4-8(6-9)5-3-7;1-7-5-3-4-6-8(7)2;1-2;2-1-3/h2-6H,1H3;7H,3-6H2,1-2H3;1-2H3;1H,(H2,2,3)/t;7-;;/m.0../s1. The van der Waals surface area contributed by atoms with Gasteiger partial charge in [0.2, 0.25) is 6.41 Å². The Balaban J connectivity index is 0. The van der Waals surface area contributed by atoms with Crippen molar-refractivity contribution in [2.24, 2.45) is 5.73 Å². The summed E-state index contributed by atoms with van der Waals surface area (Å²) in [4.78, 5) is 21.1. The van der Waals surface area contributed by atoms with Crippen molar-refractivity contribution in [3.05, 3.63) is 35.4 Å². The molecule has 0 aliphatic carbocycles. The van der Waals surface area contributed by atoms with Crippen molar-refractivity contribution in [3.8, 4) is 0 Å². The van der Waals surface area contributed by atoms with E-state index in [1.54, 1.807) is 0 Å². The van der Waals surface area contributed by atoms with E-state index in [0.717, 1.165) is 17.9 Å². The van der Waals surface area contributed by atoms with E-state index >= 15 is 0 Å². The predicted molar refractivity (Wildman–Crippen MR) is 94.1 cm³/mol. The van der Waals surface area contributed by atoms with Crippen LogP contribution in [-0.2, 0) is 4.79 Å². The average molecular weight is 308 g/mol. The molecule has 0 saturated carbocycles. The van der Waals surface area contributed by atoms with Crippen molar-refractivity contribution < 1.29 is 9.59 Å². The summed E-state index contributed by atoms with van der Waals surface area (Å²) in [5, 5.41) is 0. The predicted octanol–water partition coefficient (Wildman–Crippen LogP) is 3.43. The summed E-state index contributed by atoms with van der Waals surface area (Å²) in [5.41, 5.74) is 6.08. The van der Waals surface area contributed by atoms with Gasteiger partial charge < -0.3 is 10.6 Å². The number of aldehydes is 1. The molecule has 1 amide bonds. The van der Waals surface area contributed by atoms with E-state index in [1.165, 1.54) is 31.4 Å². The van der Waals surface area contributed by atoms with Gasteiger partial charge in [-0.25, -0.2) is 0 Å². The van der Waals surface area contributed by atoms with Crippen LogP contribution in [0.15, 0.2) is 24.3 Å². The molecular weight excluding hydrogens is 276 g/mol. The van der Waals surface area contributed by atoms with Crippen LogP contribution in [0.5, 0.6) is 0 Å². The second-order valence-corrected chi connectivity index (χ2v) is 4.99. The lowest BCUT2D eigenvalue weighted by Crippen LogP contribution is -2.33. The van der Waals surface area contributed by atoms with Crippen LogP contribution >= 0.6 is 0 Å². The van der Waals surface area contributed by atoms with Crippen LogP contribution in [0, 0.1) is 6.92 Å². The molecular formula is C18H32N2O2. The number of hydrogen-bond donors (Lipinski definition) is 1. The highest BCUT2D eigenvalue weighted by atomic mass is 16.1. The minimum absolute atomic E-state index is 0.250. The van der Waals surface area contributed by atoms with Gasteiger partial charge in [-0.2, -0.15) is 0 Å². The lowest BCUT2D eigenvalue weighted by molar-refractivity contribution is -0.106. The number of aryl methyl sites for hydroxylation is 1. The average Bonchev–Trinajstić information content (AvgIpc) is 2.54. The molecule has 1 fully saturated rings. The van der Waals surface area contributed by atoms with Gasteiger partial charge in [0.15, 0.2) is 0 Å². The van der Waals surface area contributed by atoms with Crippen molar-refractivity contribution in [2.45, 2.75) is 53.0 Å². The number of amides is 1. The van der Waals surface area contributed by atoms with Gasteiger partial charge in [0.05, 0.1) is 0 Å². The number of piperidine rings is 1. The smallest absolute Gasteiger partial charge is 0.204 e. The number of carbonyl (C=O) groups is 2. The Morgan fingerprint density at radius 3 is 1.95 bits per heavy atom. The fourth-order valence-corrected chi connectivity index (χ4v) is 1.89. The Kier molecular flexibility index (Phi) is 16.1. The van der Waals surface area contributed by atoms with Gasteiger partial charge in [0, 0.05) is 11.6 Å². The van der Waals surface area contributed by atoms with Gasteiger partial charge in [-0.3, -0.25) is 9.59 Å². The molecule has 1 aliphatic rings. The number of benzene rings is 1. The number of nitrogens with zero attached hydrogens (tertiary/aromatic N) is 1. The fraction of sp³-hybridized carbons (Fsp3) is 0.556. The fourth-order valence-electron chi connectivity index (χ4n) is 1.89. The maximum Gasteiger partial charge on any atom is 0.204 e. The quantitative estimate of drug-likeness (QED) is 0.808. The zero-order valence-electron chi connectivity index (χ0n) is 14.7. The molecule has 4 nitrogen and oxygen atoms in total. The number of rotatable bonds is 1. The molecule has 0 bridgehead atoms. The molecule has 1 saturated heterocycles. The Hall–Kier alpha value is -1.68. The highest BCUT2D eigenvalue weighted by Crippen LogP contribution is 2.13. The number of carbonyl (C=O) groups excluding carboxylic acids is 2. The minimum atomic E-state index is 0.250. The van der Waals surface area contributed by atoms with Crippen molar-refractivity contribution >= 4 is 12.7 Å². The van der Waals surface area contributed by atoms with E-state index < -0.39 is 0 Å². The van der Waals surface area contributed by atoms with Crippen LogP contribution in [0.3, 0.4) is 0 Å². The molecule has 4 heteroatoms. The third-order valence-corrected chi connectivity index (χ3v) is 3.35. The zero-order valence-corrected chi connectivity index (χ0v) is 14.7. The van der Waals surface area contributed by atoms with Gasteiger partial charge in [-0.15, -0.1) is 0 Å². The molecule has 0 unspecified atom stereocenters. The summed E-state index contributed by atoms with van der Waals surface area (Å²) in [6.45, 7) is 9.61. The monoisotopic (exact) mass is 308 g/mol. The topological polar surface area (TPSA) is 63.4 Å². The van der Waals surface area contributed by atoms with E-state index in [9.17, 15) is 4.79 Å². The van der Waals surface area contributed by atoms with Gasteiger partial charge >= 0.3 is 0 Å². The Bertz CT molecular complexity index is 367. The zero-order chi connectivity index (χ0) is 17.4. The summed E-state index contributed by atoms with van der Waals surface area (Å²) in [6, 6.07) is 8.29. The molecule has 2 rings (SSSR count). The maximum atomic E-state index is 10.1. The Morgan fingerprint density at radius 1 is 1.14 bits per heavy atom. The lowest BCUT2D eigenvalue weighted by Gasteiger charge is -2.29. The molecule has 0 spiro atoms. The normalized spacial score (nSPS) is 16.5. The van der Waals surface area contributed by atoms with Gasteiger partial charge in [0.25, 0.3) is 0 Å². The first-order valence-corrected chi connectivity index (χ1v) is 7.92. The van der Waals surface area contributed by atoms with Crippen LogP contribution < -0.4 is 5.73 Å². The number of hydrogen-bond acceptors (Lipinski definition) is 3. The van der Waals surface area contributed by atoms with Crippen LogP contribution in [0.25, 0.3) is 0 Å². The summed E-state index contributed by atoms with van der Waals surface area (Å²) in [7, 11) is 2.21. The molecule has 22 heavy (non-hydrogen) atoms. The van der Waals surface area contributed by atoms with E-state index in [1.807, 2.05) is 45.0 Å². The molecule has 2 N–H and O–H groups in total. The highest BCUT2D eigenvalue weighted by molar-refractivity contribution is 5.74. The molecule has 126 valence electrons. The van der Waals surface area contributed by atoms with Gasteiger partial charge in [-0.1, -0.05) is 50.1 Å². The molecule has 1 heterocycles. The Labute approximate surface area is 135 Å². The Morgan fingerprint density at radius 2 is 1.64 bits per heavy atom. The molecule has 1 atom stereocenters. The third-order valence-electron chi connectivity index (χ3n) is 3.35. The van der Waals surface area contributed by atoms with E-state index in [0.29, 0.717) is 0 Å². The first-order chi connectivity index (χ1) is 10.5. The third kappa shape index (κ3) is 12.1. The SMILES string of the molecule is CC.C[C@H]1CCCCN1C.Cc1ccc(C=O)cc1.NC=O. The largest absolute Gasteiger partial charge is 0.372 e. The second kappa shape index (κ2) is 15.7. The second-order valence-electron chi connectivity index (χ2n) is 4.99. The van der Waals surface area contributed by atoms with E-state index in [2.05, 4.69) is 24.6 Å². The summed E-state index contributed by atoms with van der Waals surface area (Å²) >= 11 is 0. The van der Waals surface area contributed by atoms with Crippen LogP contribution in [0.2, 0.25) is 0 Å². The molecule has 1 aromatic carbocycles. The first kappa shape index (κ1) is 22.6. The van der Waals surface area contributed by atoms with Crippen LogP contribution in [0.1, 0.15) is 56.0 Å². The van der Waals surface area contributed by atoms with Crippen molar-refractivity contribution in [1.82, 2.24) is 4.90 Å². The minimum Gasteiger partial charge on any atom is -0.372 e. The number of likely N-dealkylation sites (tertiary alicyclic amines) is 1. The summed E-state index contributed by atoms with van der Waals surface area (Å²) < 4.78 is 0. The van der Waals surface area contributed by atoms with Gasteiger partial charge in [-0.05, 0) is 40.3 Å². The maximum absolute atomic E-state index is 10.1. The van der Waals surface area contributed by atoms with E-state index in [-0.39, 0.29) is 6.41 Å². The van der Waals surface area contributed by atoms with Crippen LogP contribution in [0.4, 0.5) is 0 Å². The molecule has 1 aliphatic heterocycles. The first-order valence-electron chi connectivity index (χ1n) is 7.92. The molecule has 1 aromatic rings. The number of nitrogens with two attached hydrogens (primary N) is 1. The van der Waals surface area contributed by atoms with E-state index in [4.69, 9.17) is 4.79 Å².